The van der Waals surface area contributed by atoms with Crippen LogP contribution >= 0.6 is 11.8 Å². The van der Waals surface area contributed by atoms with Gasteiger partial charge < -0.3 is 14.9 Å². The third-order valence-corrected chi connectivity index (χ3v) is 3.71. The summed E-state index contributed by atoms with van der Waals surface area (Å²) in [7, 11) is 0. The maximum atomic E-state index is 11.8. The van der Waals surface area contributed by atoms with Gasteiger partial charge in [0, 0.05) is 0 Å². The first-order valence-corrected chi connectivity index (χ1v) is 6.36. The first-order valence-electron chi connectivity index (χ1n) is 5.48. The molecule has 2 rings (SSSR count). The maximum absolute atomic E-state index is 11.8. The molecule has 5 nitrogen and oxygen atoms in total. The van der Waals surface area contributed by atoms with Gasteiger partial charge in [-0.25, -0.2) is 4.98 Å². The topological polar surface area (TPSA) is 85.9 Å². The molecule has 1 N–H and O–H groups in total. The summed E-state index contributed by atoms with van der Waals surface area (Å²) >= 11 is 0.997. The standard InChI is InChI=1S/C12H12N2O3S/c1-2-9(11(16)17)18-12-13-8-6-4-3-5-7(8)10(15)14-12/h3-6,9H,2H2,1H3,(H,16,17)(H,13,14,15)/p-1/t9-/m0/s1. The van der Waals surface area contributed by atoms with Gasteiger partial charge >= 0.3 is 0 Å². The fourth-order valence-corrected chi connectivity index (χ4v) is 2.39. The number of aromatic nitrogens is 2. The van der Waals surface area contributed by atoms with Crippen LogP contribution in [-0.4, -0.2) is 21.2 Å². The number of carbonyl (C=O) groups is 1. The molecular formula is C12H11N2O3S-. The molecule has 1 heterocycles. The molecule has 0 saturated heterocycles. The smallest absolute Gasteiger partial charge is 0.259 e. The first kappa shape index (κ1) is 12.6. The first-order chi connectivity index (χ1) is 8.61. The Morgan fingerprint density at radius 3 is 2.89 bits per heavy atom. The second kappa shape index (κ2) is 5.22. The number of aromatic amines is 1. The van der Waals surface area contributed by atoms with Crippen molar-refractivity contribution in [1.29, 1.82) is 0 Å². The number of carbonyl (C=O) groups excluding carboxylic acids is 1. The van der Waals surface area contributed by atoms with Crippen molar-refractivity contribution in [1.82, 2.24) is 9.97 Å². The SMILES string of the molecule is CC[C@H](Sc1nc2ccccc2c(=O)[nH]1)C(=O)[O-]. The van der Waals surface area contributed by atoms with Crippen molar-refractivity contribution < 1.29 is 9.90 Å². The highest BCUT2D eigenvalue weighted by Crippen LogP contribution is 2.21. The number of carboxylic acid groups (broad SMARTS) is 1. The van der Waals surface area contributed by atoms with E-state index in [4.69, 9.17) is 0 Å². The molecular weight excluding hydrogens is 252 g/mol. The van der Waals surface area contributed by atoms with Crippen molar-refractivity contribution in [2.45, 2.75) is 23.8 Å². The quantitative estimate of drug-likeness (QED) is 0.643. The molecule has 0 radical (unpaired) electrons. The summed E-state index contributed by atoms with van der Waals surface area (Å²) in [5.74, 6) is -1.15. The maximum Gasteiger partial charge on any atom is 0.259 e. The van der Waals surface area contributed by atoms with E-state index in [1.54, 1.807) is 31.2 Å². The minimum absolute atomic E-state index is 0.267. The molecule has 18 heavy (non-hydrogen) atoms. The Kier molecular flexibility index (Phi) is 3.66. The van der Waals surface area contributed by atoms with Crippen molar-refractivity contribution >= 4 is 28.6 Å². The highest BCUT2D eigenvalue weighted by molar-refractivity contribution is 8.00. The van der Waals surface area contributed by atoms with E-state index in [2.05, 4.69) is 9.97 Å². The van der Waals surface area contributed by atoms with Crippen molar-refractivity contribution in [2.24, 2.45) is 0 Å². The molecule has 0 amide bonds. The molecule has 94 valence electrons. The monoisotopic (exact) mass is 263 g/mol. The van der Waals surface area contributed by atoms with E-state index in [-0.39, 0.29) is 5.56 Å². The lowest BCUT2D eigenvalue weighted by Gasteiger charge is -2.14. The molecule has 1 aromatic heterocycles. The minimum Gasteiger partial charge on any atom is -0.549 e. The van der Waals surface area contributed by atoms with Gasteiger partial charge in [-0.1, -0.05) is 30.8 Å². The lowest BCUT2D eigenvalue weighted by Crippen LogP contribution is -2.33. The van der Waals surface area contributed by atoms with Crippen LogP contribution in [0.15, 0.2) is 34.2 Å². The molecule has 0 spiro atoms. The number of rotatable bonds is 4. The summed E-state index contributed by atoms with van der Waals surface area (Å²) in [5.41, 5.74) is 0.285. The molecule has 0 aliphatic rings. The Morgan fingerprint density at radius 2 is 2.22 bits per heavy atom. The lowest BCUT2D eigenvalue weighted by molar-refractivity contribution is -0.304. The van der Waals surface area contributed by atoms with Gasteiger partial charge in [0.15, 0.2) is 5.16 Å². The van der Waals surface area contributed by atoms with Crippen LogP contribution in [0.25, 0.3) is 10.9 Å². The molecule has 0 aliphatic heterocycles. The number of nitrogens with zero attached hydrogens (tertiary/aromatic N) is 1. The Balaban J connectivity index is 2.41. The predicted octanol–water partition coefficient (Wildman–Crippen LogP) is 0.544. The zero-order chi connectivity index (χ0) is 13.1. The van der Waals surface area contributed by atoms with E-state index in [1.807, 2.05) is 0 Å². The van der Waals surface area contributed by atoms with E-state index in [9.17, 15) is 14.7 Å². The van der Waals surface area contributed by atoms with Gasteiger partial charge in [0.05, 0.1) is 22.1 Å². The number of carboxylic acids is 1. The normalized spacial score (nSPS) is 12.5. The molecule has 1 aromatic carbocycles. The molecule has 2 aromatic rings. The summed E-state index contributed by atoms with van der Waals surface area (Å²) in [4.78, 5) is 29.4. The Morgan fingerprint density at radius 1 is 1.50 bits per heavy atom. The molecule has 1 atom stereocenters. The van der Waals surface area contributed by atoms with E-state index in [0.717, 1.165) is 11.8 Å². The van der Waals surface area contributed by atoms with Crippen molar-refractivity contribution in [2.75, 3.05) is 0 Å². The van der Waals surface area contributed by atoms with Crippen LogP contribution in [0.4, 0.5) is 0 Å². The summed E-state index contributed by atoms with van der Waals surface area (Å²) in [5, 5.41) is 10.9. The fourth-order valence-electron chi connectivity index (χ4n) is 1.55. The van der Waals surface area contributed by atoms with Gasteiger partial charge in [0.2, 0.25) is 0 Å². The average Bonchev–Trinajstić information content (AvgIpc) is 2.35. The van der Waals surface area contributed by atoms with Crippen LogP contribution < -0.4 is 10.7 Å². The van der Waals surface area contributed by atoms with Gasteiger partial charge in [-0.3, -0.25) is 4.79 Å². The Bertz CT molecular complexity index is 639. The molecule has 6 heteroatoms. The molecule has 0 saturated carbocycles. The number of nitrogens with one attached hydrogen (secondary N) is 1. The number of H-pyrrole nitrogens is 1. The zero-order valence-corrected chi connectivity index (χ0v) is 10.5. The molecule has 0 aliphatic carbocycles. The second-order valence-corrected chi connectivity index (χ2v) is 4.91. The molecule has 0 bridgehead atoms. The van der Waals surface area contributed by atoms with E-state index >= 15 is 0 Å². The predicted molar refractivity (Wildman–Crippen MR) is 67.3 cm³/mol. The van der Waals surface area contributed by atoms with Crippen LogP contribution in [0.5, 0.6) is 0 Å². The van der Waals surface area contributed by atoms with Gasteiger partial charge in [-0.15, -0.1) is 0 Å². The van der Waals surface area contributed by atoms with Crippen LogP contribution in [-0.2, 0) is 4.79 Å². The van der Waals surface area contributed by atoms with Crippen LogP contribution in [0.3, 0.4) is 0 Å². The van der Waals surface area contributed by atoms with E-state index in [0.29, 0.717) is 22.5 Å². The van der Waals surface area contributed by atoms with Crippen LogP contribution in [0.2, 0.25) is 0 Å². The average molecular weight is 263 g/mol. The van der Waals surface area contributed by atoms with Crippen LogP contribution in [0.1, 0.15) is 13.3 Å². The minimum atomic E-state index is -1.15. The number of aliphatic carboxylic acids is 1. The second-order valence-electron chi connectivity index (χ2n) is 3.72. The van der Waals surface area contributed by atoms with Crippen molar-refractivity contribution in [3.63, 3.8) is 0 Å². The largest absolute Gasteiger partial charge is 0.549 e. The lowest BCUT2D eigenvalue weighted by atomic mass is 10.2. The van der Waals surface area contributed by atoms with E-state index < -0.39 is 11.2 Å². The fraction of sp³-hybridized carbons (Fsp3) is 0.250. The Labute approximate surface area is 107 Å². The number of fused-ring (bicyclic) bond motifs is 1. The summed E-state index contributed by atoms with van der Waals surface area (Å²) in [6.45, 7) is 1.74. The van der Waals surface area contributed by atoms with Gasteiger partial charge in [0.1, 0.15) is 0 Å². The Hall–Kier alpha value is -1.82. The summed E-state index contributed by atoms with van der Waals surface area (Å²) < 4.78 is 0. The number of hydrogen-bond donors (Lipinski definition) is 1. The van der Waals surface area contributed by atoms with Gasteiger partial charge in [-0.2, -0.15) is 0 Å². The summed E-state index contributed by atoms with van der Waals surface area (Å²) in [6, 6.07) is 6.92. The van der Waals surface area contributed by atoms with Gasteiger partial charge in [-0.05, 0) is 18.6 Å². The number of para-hydroxylation sites is 1. The number of benzene rings is 1. The molecule has 0 unspecified atom stereocenters. The van der Waals surface area contributed by atoms with E-state index in [1.165, 1.54) is 0 Å². The third-order valence-electron chi connectivity index (χ3n) is 2.48. The number of hydrogen-bond acceptors (Lipinski definition) is 5. The van der Waals surface area contributed by atoms with Crippen molar-refractivity contribution in [3.8, 4) is 0 Å². The van der Waals surface area contributed by atoms with Crippen LogP contribution in [0, 0.1) is 0 Å². The third kappa shape index (κ3) is 2.53. The molecule has 0 fully saturated rings. The van der Waals surface area contributed by atoms with Gasteiger partial charge in [0.25, 0.3) is 5.56 Å². The zero-order valence-electron chi connectivity index (χ0n) is 9.67. The summed E-state index contributed by atoms with van der Waals surface area (Å²) in [6.07, 6.45) is 0.406. The van der Waals surface area contributed by atoms with Crippen molar-refractivity contribution in [3.05, 3.63) is 34.6 Å². The highest BCUT2D eigenvalue weighted by Gasteiger charge is 2.12. The highest BCUT2D eigenvalue weighted by atomic mass is 32.2. The number of thioether (sulfide) groups is 1.